The fourth-order valence-electron chi connectivity index (χ4n) is 2.65. The van der Waals surface area contributed by atoms with E-state index in [4.69, 9.17) is 9.47 Å². The first kappa shape index (κ1) is 19.7. The van der Waals surface area contributed by atoms with Crippen molar-refractivity contribution in [2.45, 2.75) is 65.1 Å². The average molecular weight is 328 g/mol. The van der Waals surface area contributed by atoms with Crippen LogP contribution < -0.4 is 5.32 Å². The van der Waals surface area contributed by atoms with Gasteiger partial charge in [0.05, 0.1) is 0 Å². The maximum atomic E-state index is 12.4. The summed E-state index contributed by atoms with van der Waals surface area (Å²) in [5.74, 6) is 0.431. The summed E-state index contributed by atoms with van der Waals surface area (Å²) >= 11 is 0. The Bertz CT molecular complexity index is 415. The second-order valence-electron chi connectivity index (χ2n) is 7.69. The first-order valence-corrected chi connectivity index (χ1v) is 8.36. The van der Waals surface area contributed by atoms with Crippen LogP contribution in [0.4, 0.5) is 4.79 Å². The molecule has 6 nitrogen and oxygen atoms in total. The zero-order chi connectivity index (χ0) is 17.7. The highest BCUT2D eigenvalue weighted by Crippen LogP contribution is 2.22. The van der Waals surface area contributed by atoms with Crippen LogP contribution in [0.25, 0.3) is 0 Å². The largest absolute Gasteiger partial charge is 0.444 e. The van der Waals surface area contributed by atoms with E-state index in [1.54, 1.807) is 21.0 Å². The van der Waals surface area contributed by atoms with Crippen molar-refractivity contribution in [1.29, 1.82) is 0 Å². The Balaban J connectivity index is 2.39. The number of nitrogens with one attached hydrogen (secondary N) is 1. The van der Waals surface area contributed by atoms with Gasteiger partial charge in [0.25, 0.3) is 5.91 Å². The zero-order valence-electron chi connectivity index (χ0n) is 15.4. The van der Waals surface area contributed by atoms with Crippen LogP contribution in [0.5, 0.6) is 0 Å². The molecule has 0 aromatic heterocycles. The smallest absolute Gasteiger partial charge is 0.407 e. The van der Waals surface area contributed by atoms with E-state index >= 15 is 0 Å². The van der Waals surface area contributed by atoms with E-state index in [-0.39, 0.29) is 12.0 Å². The maximum absolute atomic E-state index is 12.4. The molecule has 6 heteroatoms. The molecule has 0 aromatic rings. The number of amides is 2. The molecule has 2 amide bonds. The van der Waals surface area contributed by atoms with Gasteiger partial charge in [0.2, 0.25) is 0 Å². The second-order valence-corrected chi connectivity index (χ2v) is 7.69. The van der Waals surface area contributed by atoms with E-state index in [0.717, 1.165) is 32.4 Å². The van der Waals surface area contributed by atoms with Crippen LogP contribution in [0, 0.1) is 5.92 Å². The van der Waals surface area contributed by atoms with Crippen LogP contribution in [0.3, 0.4) is 0 Å². The van der Waals surface area contributed by atoms with Crippen molar-refractivity contribution in [2.24, 2.45) is 5.92 Å². The normalized spacial score (nSPS) is 19.4. The fourth-order valence-corrected chi connectivity index (χ4v) is 2.65. The Morgan fingerprint density at radius 1 is 1.22 bits per heavy atom. The molecule has 0 bridgehead atoms. The third kappa shape index (κ3) is 6.77. The highest BCUT2D eigenvalue weighted by atomic mass is 16.6. The number of hydrogen-bond donors (Lipinski definition) is 1. The monoisotopic (exact) mass is 328 g/mol. The minimum Gasteiger partial charge on any atom is -0.444 e. The number of likely N-dealkylation sites (tertiary alicyclic amines) is 1. The summed E-state index contributed by atoms with van der Waals surface area (Å²) in [6.45, 7) is 11.2. The quantitative estimate of drug-likeness (QED) is 0.842. The summed E-state index contributed by atoms with van der Waals surface area (Å²) < 4.78 is 10.5. The third-order valence-electron chi connectivity index (χ3n) is 4.05. The summed E-state index contributed by atoms with van der Waals surface area (Å²) in [4.78, 5) is 26.0. The van der Waals surface area contributed by atoms with Gasteiger partial charge in [-0.25, -0.2) is 4.79 Å². The first-order chi connectivity index (χ1) is 10.5. The topological polar surface area (TPSA) is 67.9 Å². The molecule has 1 fully saturated rings. The lowest BCUT2D eigenvalue weighted by atomic mass is 9.93. The van der Waals surface area contributed by atoms with Gasteiger partial charge in [-0.05, 0) is 59.8 Å². The van der Waals surface area contributed by atoms with Gasteiger partial charge in [0.1, 0.15) is 11.2 Å². The molecule has 0 unspecified atom stereocenters. The average Bonchev–Trinajstić information content (AvgIpc) is 2.45. The number of methoxy groups -OCH3 is 1. The van der Waals surface area contributed by atoms with Crippen molar-refractivity contribution in [2.75, 3.05) is 26.7 Å². The molecular formula is C17H32N2O4. The highest BCUT2D eigenvalue weighted by molar-refractivity contribution is 5.84. The molecule has 1 saturated heterocycles. The predicted octanol–water partition coefficient (Wildman–Crippen LogP) is 2.56. The Hall–Kier alpha value is -1.30. The van der Waals surface area contributed by atoms with Crippen molar-refractivity contribution in [1.82, 2.24) is 10.2 Å². The molecule has 1 aliphatic rings. The molecule has 1 N–H and O–H groups in total. The van der Waals surface area contributed by atoms with Crippen LogP contribution in [-0.2, 0) is 14.3 Å². The van der Waals surface area contributed by atoms with Crippen molar-refractivity contribution < 1.29 is 19.1 Å². The predicted molar refractivity (Wildman–Crippen MR) is 89.2 cm³/mol. The zero-order valence-corrected chi connectivity index (χ0v) is 15.4. The first-order valence-electron chi connectivity index (χ1n) is 8.36. The van der Waals surface area contributed by atoms with Gasteiger partial charge < -0.3 is 19.7 Å². The number of carbonyl (C=O) groups is 2. The van der Waals surface area contributed by atoms with Crippen molar-refractivity contribution in [3.63, 3.8) is 0 Å². The lowest BCUT2D eigenvalue weighted by Crippen LogP contribution is -2.50. The molecule has 134 valence electrons. The van der Waals surface area contributed by atoms with Crippen LogP contribution in [0.15, 0.2) is 0 Å². The van der Waals surface area contributed by atoms with Gasteiger partial charge in [-0.1, -0.05) is 0 Å². The molecule has 23 heavy (non-hydrogen) atoms. The Morgan fingerprint density at radius 3 is 2.43 bits per heavy atom. The maximum Gasteiger partial charge on any atom is 0.407 e. The van der Waals surface area contributed by atoms with Gasteiger partial charge in [-0.2, -0.15) is 0 Å². The number of rotatable bonds is 5. The van der Waals surface area contributed by atoms with Gasteiger partial charge in [-0.3, -0.25) is 4.79 Å². The molecule has 0 spiro atoms. The van der Waals surface area contributed by atoms with E-state index in [1.165, 1.54) is 0 Å². The number of alkyl carbamates (subject to hydrolysis) is 1. The van der Waals surface area contributed by atoms with Gasteiger partial charge in [0, 0.05) is 26.7 Å². The van der Waals surface area contributed by atoms with Gasteiger partial charge in [0.15, 0.2) is 0 Å². The van der Waals surface area contributed by atoms with Crippen LogP contribution in [-0.4, -0.2) is 54.8 Å². The van der Waals surface area contributed by atoms with Crippen molar-refractivity contribution >= 4 is 12.0 Å². The number of carbonyl (C=O) groups excluding carboxylic acids is 2. The third-order valence-corrected chi connectivity index (χ3v) is 4.05. The van der Waals surface area contributed by atoms with E-state index in [9.17, 15) is 9.59 Å². The number of ether oxygens (including phenoxy) is 2. The molecular weight excluding hydrogens is 296 g/mol. The second kappa shape index (κ2) is 7.99. The summed E-state index contributed by atoms with van der Waals surface area (Å²) in [5, 5.41) is 2.78. The van der Waals surface area contributed by atoms with E-state index in [0.29, 0.717) is 12.5 Å². The molecule has 1 rings (SSSR count). The summed E-state index contributed by atoms with van der Waals surface area (Å²) in [5.41, 5.74) is -1.26. The fraction of sp³-hybridized carbons (Fsp3) is 0.882. The SMILES string of the molecule is COC(C)(C)C(=O)N1CCC[C@@H](CCNC(=O)OC(C)(C)C)C1. The molecule has 0 aliphatic carbocycles. The molecule has 0 radical (unpaired) electrons. The van der Waals surface area contributed by atoms with Gasteiger partial charge >= 0.3 is 6.09 Å². The Morgan fingerprint density at radius 2 is 1.87 bits per heavy atom. The van der Waals surface area contributed by atoms with Crippen molar-refractivity contribution in [3.8, 4) is 0 Å². The Kier molecular flexibility index (Phi) is 6.86. The lowest BCUT2D eigenvalue weighted by Gasteiger charge is -2.37. The minimum atomic E-state index is -0.781. The summed E-state index contributed by atoms with van der Waals surface area (Å²) in [6.07, 6.45) is 2.52. The molecule has 1 aliphatic heterocycles. The highest BCUT2D eigenvalue weighted by Gasteiger charge is 2.34. The summed E-state index contributed by atoms with van der Waals surface area (Å²) in [6, 6.07) is 0. The van der Waals surface area contributed by atoms with Crippen LogP contribution >= 0.6 is 0 Å². The number of hydrogen-bond acceptors (Lipinski definition) is 4. The van der Waals surface area contributed by atoms with E-state index in [2.05, 4.69) is 5.32 Å². The van der Waals surface area contributed by atoms with E-state index in [1.807, 2.05) is 25.7 Å². The Labute approximate surface area is 139 Å². The van der Waals surface area contributed by atoms with E-state index < -0.39 is 11.2 Å². The van der Waals surface area contributed by atoms with Crippen LogP contribution in [0.1, 0.15) is 53.9 Å². The standard InChI is InChI=1S/C17H32N2O4/c1-16(2,3)23-15(21)18-10-9-13-8-7-11-19(12-13)14(20)17(4,5)22-6/h13H,7-12H2,1-6H3,(H,18,21)/t13-/m0/s1. The molecule has 0 aromatic carbocycles. The lowest BCUT2D eigenvalue weighted by molar-refractivity contribution is -0.152. The van der Waals surface area contributed by atoms with Crippen LogP contribution in [0.2, 0.25) is 0 Å². The number of nitrogens with zero attached hydrogens (tertiary/aromatic N) is 1. The minimum absolute atomic E-state index is 0.0322. The van der Waals surface area contributed by atoms with Gasteiger partial charge in [-0.15, -0.1) is 0 Å². The van der Waals surface area contributed by atoms with Crippen molar-refractivity contribution in [3.05, 3.63) is 0 Å². The number of piperidine rings is 1. The summed E-state index contributed by atoms with van der Waals surface area (Å²) in [7, 11) is 1.56. The molecule has 0 saturated carbocycles. The molecule has 1 heterocycles. The molecule has 1 atom stereocenters.